The molecule has 0 saturated carbocycles. The normalized spacial score (nSPS) is 10.9. The van der Waals surface area contributed by atoms with Crippen molar-refractivity contribution >= 4 is 12.3 Å². The first-order valence-electron chi connectivity index (χ1n) is 13.6. The van der Waals surface area contributed by atoms with E-state index in [9.17, 15) is 9.59 Å². The molecular weight excluding hydrogens is 530 g/mol. The molecule has 0 bridgehead atoms. The summed E-state index contributed by atoms with van der Waals surface area (Å²) < 4.78 is 23.6. The topological polar surface area (TPSA) is 87.9 Å². The third-order valence-electron chi connectivity index (χ3n) is 6.86. The van der Waals surface area contributed by atoms with Crippen LogP contribution in [0.25, 0.3) is 22.5 Å². The summed E-state index contributed by atoms with van der Waals surface area (Å²) in [7, 11) is 1.29. The lowest BCUT2D eigenvalue weighted by molar-refractivity contribution is 0.0590. The van der Waals surface area contributed by atoms with Crippen LogP contribution in [0, 0.1) is 0 Å². The number of nitrogens with zero attached hydrogens (tertiary/aromatic N) is 1. The highest BCUT2D eigenvalue weighted by atomic mass is 16.5. The van der Waals surface area contributed by atoms with E-state index in [2.05, 4.69) is 19.0 Å². The number of rotatable bonds is 11. The quantitative estimate of drug-likeness (QED) is 0.120. The van der Waals surface area contributed by atoms with Crippen LogP contribution in [-0.2, 0) is 18.0 Å². The molecule has 0 aliphatic carbocycles. The molecule has 0 fully saturated rings. The number of hydrogen-bond acceptors (Lipinski definition) is 7. The fourth-order valence-corrected chi connectivity index (χ4v) is 4.63. The van der Waals surface area contributed by atoms with Crippen LogP contribution < -0.4 is 9.47 Å². The summed E-state index contributed by atoms with van der Waals surface area (Å²) in [5.41, 5.74) is 5.19. The molecule has 0 aliphatic heterocycles. The van der Waals surface area contributed by atoms with Crippen LogP contribution >= 0.6 is 0 Å². The van der Waals surface area contributed by atoms with Crippen molar-refractivity contribution in [1.29, 1.82) is 0 Å². The van der Waals surface area contributed by atoms with Gasteiger partial charge in [0.2, 0.25) is 0 Å². The van der Waals surface area contributed by atoms with Crippen molar-refractivity contribution in [2.45, 2.75) is 33.0 Å². The fraction of sp³-hybridized carbons (Fsp3) is 0.171. The molecule has 5 aromatic rings. The summed E-state index contributed by atoms with van der Waals surface area (Å²) in [5, 5.41) is 4.11. The second kappa shape index (κ2) is 13.0. The predicted molar refractivity (Wildman–Crippen MR) is 160 cm³/mol. The molecule has 4 aromatic carbocycles. The van der Waals surface area contributed by atoms with E-state index in [1.54, 1.807) is 24.3 Å². The maximum atomic E-state index is 12.8. The summed E-state index contributed by atoms with van der Waals surface area (Å²) in [4.78, 5) is 24.1. The Labute approximate surface area is 244 Å². The molecule has 0 spiro atoms. The Morgan fingerprint density at radius 2 is 1.43 bits per heavy atom. The van der Waals surface area contributed by atoms with Gasteiger partial charge in [0, 0.05) is 11.6 Å². The monoisotopic (exact) mass is 561 g/mol. The molecule has 1 aromatic heterocycles. The zero-order valence-corrected chi connectivity index (χ0v) is 23.7. The van der Waals surface area contributed by atoms with Crippen LogP contribution in [0.2, 0.25) is 0 Å². The fourth-order valence-electron chi connectivity index (χ4n) is 4.63. The number of hydrogen-bond donors (Lipinski definition) is 0. The van der Waals surface area contributed by atoms with E-state index in [0.717, 1.165) is 23.0 Å². The first-order chi connectivity index (χ1) is 20.5. The van der Waals surface area contributed by atoms with E-state index >= 15 is 0 Å². The summed E-state index contributed by atoms with van der Waals surface area (Å²) in [5.74, 6) is 0.984. The van der Waals surface area contributed by atoms with Gasteiger partial charge in [0.05, 0.1) is 18.2 Å². The van der Waals surface area contributed by atoms with Crippen molar-refractivity contribution in [2.75, 3.05) is 7.11 Å². The highest BCUT2D eigenvalue weighted by molar-refractivity contribution is 6.00. The minimum absolute atomic E-state index is 0.0239. The first-order valence-corrected chi connectivity index (χ1v) is 13.6. The Balaban J connectivity index is 1.66. The summed E-state index contributed by atoms with van der Waals surface area (Å²) in [6, 6.07) is 30.5. The van der Waals surface area contributed by atoms with Crippen molar-refractivity contribution in [3.8, 4) is 33.9 Å². The summed E-state index contributed by atoms with van der Waals surface area (Å²) in [6.07, 6.45) is 0.762. The maximum absolute atomic E-state index is 12.8. The molecule has 0 radical (unpaired) electrons. The molecular formula is C35H31NO6. The van der Waals surface area contributed by atoms with Crippen molar-refractivity contribution < 1.29 is 28.3 Å². The van der Waals surface area contributed by atoms with Crippen LogP contribution in [0.1, 0.15) is 57.3 Å². The van der Waals surface area contributed by atoms with Gasteiger partial charge in [-0.2, -0.15) is 0 Å². The number of aromatic nitrogens is 1. The molecule has 1 heterocycles. The van der Waals surface area contributed by atoms with Gasteiger partial charge in [-0.3, -0.25) is 4.79 Å². The summed E-state index contributed by atoms with van der Waals surface area (Å²) in [6.45, 7) is 4.85. The Morgan fingerprint density at radius 3 is 1.98 bits per heavy atom. The second-order valence-corrected chi connectivity index (χ2v) is 10.1. The minimum Gasteiger partial charge on any atom is -0.488 e. The molecule has 0 atom stereocenters. The Kier molecular flexibility index (Phi) is 8.78. The molecule has 0 unspecified atom stereocenters. The molecule has 7 nitrogen and oxygen atoms in total. The average Bonchev–Trinajstić information content (AvgIpc) is 3.48. The van der Waals surface area contributed by atoms with Crippen LogP contribution in [0.5, 0.6) is 11.5 Å². The third kappa shape index (κ3) is 6.25. The second-order valence-electron chi connectivity index (χ2n) is 10.1. The van der Waals surface area contributed by atoms with Crippen molar-refractivity contribution in [3.05, 3.63) is 125 Å². The Morgan fingerprint density at radius 1 is 0.833 bits per heavy atom. The van der Waals surface area contributed by atoms with Gasteiger partial charge in [0.1, 0.15) is 31.0 Å². The Bertz CT molecular complexity index is 1660. The van der Waals surface area contributed by atoms with E-state index in [1.807, 2.05) is 72.8 Å². The lowest BCUT2D eigenvalue weighted by atomic mass is 9.94. The smallest absolute Gasteiger partial charge is 0.360 e. The molecule has 212 valence electrons. The van der Waals surface area contributed by atoms with Gasteiger partial charge in [0.25, 0.3) is 0 Å². The van der Waals surface area contributed by atoms with Gasteiger partial charge in [-0.1, -0.05) is 104 Å². The van der Waals surface area contributed by atoms with Gasteiger partial charge < -0.3 is 18.7 Å². The maximum Gasteiger partial charge on any atom is 0.360 e. The number of aldehydes is 1. The van der Waals surface area contributed by atoms with Gasteiger partial charge in [-0.15, -0.1) is 0 Å². The van der Waals surface area contributed by atoms with Crippen molar-refractivity contribution in [1.82, 2.24) is 5.16 Å². The number of methoxy groups -OCH3 is 1. The van der Waals surface area contributed by atoms with Crippen LogP contribution in [0.3, 0.4) is 0 Å². The first kappa shape index (κ1) is 28.4. The number of benzene rings is 4. The standard InChI is InChI=1S/C35H31NO6/c1-23(2)28-18-29(34-32(33(36-42-34)35(38)39-3)27-16-14-24(20-37)15-17-27)31(41-22-26-12-8-5-9-13-26)19-30(28)40-21-25-10-6-4-7-11-25/h4-20,23H,21-22H2,1-3H3. The zero-order chi connectivity index (χ0) is 29.5. The molecule has 0 aliphatic rings. The number of carbonyl (C=O) groups excluding carboxylic acids is 2. The highest BCUT2D eigenvalue weighted by Crippen LogP contribution is 2.44. The van der Waals surface area contributed by atoms with Crippen LogP contribution in [-0.4, -0.2) is 24.5 Å². The molecule has 0 amide bonds. The van der Waals surface area contributed by atoms with Gasteiger partial charge >= 0.3 is 5.97 Å². The van der Waals surface area contributed by atoms with Crippen LogP contribution in [0.4, 0.5) is 0 Å². The number of esters is 1. The average molecular weight is 562 g/mol. The molecule has 5 rings (SSSR count). The van der Waals surface area contributed by atoms with E-state index < -0.39 is 5.97 Å². The summed E-state index contributed by atoms with van der Waals surface area (Å²) >= 11 is 0. The molecule has 0 saturated heterocycles. The number of carbonyl (C=O) groups is 2. The largest absolute Gasteiger partial charge is 0.488 e. The van der Waals surface area contributed by atoms with E-state index in [0.29, 0.717) is 52.7 Å². The van der Waals surface area contributed by atoms with Gasteiger partial charge in [0.15, 0.2) is 11.5 Å². The lowest BCUT2D eigenvalue weighted by Crippen LogP contribution is -2.05. The number of ether oxygens (including phenoxy) is 3. The molecule has 7 heteroatoms. The van der Waals surface area contributed by atoms with E-state index in [4.69, 9.17) is 18.7 Å². The minimum atomic E-state index is -0.641. The van der Waals surface area contributed by atoms with Crippen molar-refractivity contribution in [2.24, 2.45) is 0 Å². The SMILES string of the molecule is COC(=O)c1noc(-c2cc(C(C)C)c(OCc3ccccc3)cc2OCc2ccccc2)c1-c1ccc(C=O)cc1. The Hall–Kier alpha value is -5.17. The van der Waals surface area contributed by atoms with Gasteiger partial charge in [-0.25, -0.2) is 4.79 Å². The predicted octanol–water partition coefficient (Wildman–Crippen LogP) is 7.89. The van der Waals surface area contributed by atoms with E-state index in [1.165, 1.54) is 7.11 Å². The van der Waals surface area contributed by atoms with Crippen molar-refractivity contribution in [3.63, 3.8) is 0 Å². The molecule has 0 N–H and O–H groups in total. The van der Waals surface area contributed by atoms with E-state index in [-0.39, 0.29) is 11.6 Å². The third-order valence-corrected chi connectivity index (χ3v) is 6.86. The zero-order valence-electron chi connectivity index (χ0n) is 23.7. The van der Waals surface area contributed by atoms with Gasteiger partial charge in [-0.05, 0) is 34.2 Å². The van der Waals surface area contributed by atoms with Crippen LogP contribution in [0.15, 0.2) is 102 Å². The highest BCUT2D eigenvalue weighted by Gasteiger charge is 2.28. The lowest BCUT2D eigenvalue weighted by Gasteiger charge is -2.19. The molecule has 42 heavy (non-hydrogen) atoms.